The number of aromatic nitrogens is 2. The van der Waals surface area contributed by atoms with E-state index in [0.717, 1.165) is 41.5 Å². The summed E-state index contributed by atoms with van der Waals surface area (Å²) in [5.74, 6) is 0. The zero-order valence-corrected chi connectivity index (χ0v) is 13.2. The molecule has 5 heteroatoms. The van der Waals surface area contributed by atoms with Gasteiger partial charge in [0.1, 0.15) is 4.83 Å². The van der Waals surface area contributed by atoms with Crippen LogP contribution in [0.2, 0.25) is 0 Å². The van der Waals surface area contributed by atoms with Gasteiger partial charge in [-0.05, 0) is 25.3 Å². The maximum absolute atomic E-state index is 12.7. The number of aryl methyl sites for hydroxylation is 2. The Balaban J connectivity index is 2.55. The normalized spacial score (nSPS) is 13.0. The number of rotatable bonds is 6. The van der Waals surface area contributed by atoms with Crippen LogP contribution in [-0.4, -0.2) is 21.3 Å². The molecule has 2 aromatic rings. The summed E-state index contributed by atoms with van der Waals surface area (Å²) in [6, 6.07) is -0.163. The summed E-state index contributed by atoms with van der Waals surface area (Å²) in [4.78, 5) is 19.1. The molecule has 0 bridgehead atoms. The van der Waals surface area contributed by atoms with E-state index in [-0.39, 0.29) is 18.2 Å². The van der Waals surface area contributed by atoms with Crippen molar-refractivity contribution >= 4 is 21.6 Å². The van der Waals surface area contributed by atoms with E-state index in [0.29, 0.717) is 0 Å². The Kier molecular flexibility index (Phi) is 4.94. The number of nitrogens with zero attached hydrogens (tertiary/aromatic N) is 2. The highest BCUT2D eigenvalue weighted by atomic mass is 32.1. The van der Waals surface area contributed by atoms with Gasteiger partial charge in [0.2, 0.25) is 0 Å². The van der Waals surface area contributed by atoms with E-state index in [1.54, 1.807) is 22.2 Å². The van der Waals surface area contributed by atoms with Crippen molar-refractivity contribution in [2.75, 3.05) is 6.61 Å². The van der Waals surface area contributed by atoms with Crippen molar-refractivity contribution < 1.29 is 5.11 Å². The first kappa shape index (κ1) is 15.2. The lowest BCUT2D eigenvalue weighted by Crippen LogP contribution is -2.27. The quantitative estimate of drug-likeness (QED) is 0.891. The van der Waals surface area contributed by atoms with Gasteiger partial charge in [0.15, 0.2) is 0 Å². The maximum atomic E-state index is 12.7. The van der Waals surface area contributed by atoms with Crippen LogP contribution in [0, 0.1) is 6.92 Å². The average molecular weight is 294 g/mol. The molecule has 1 atom stereocenters. The fourth-order valence-electron chi connectivity index (χ4n) is 2.61. The van der Waals surface area contributed by atoms with Crippen LogP contribution in [0.15, 0.2) is 11.1 Å². The van der Waals surface area contributed by atoms with Crippen LogP contribution < -0.4 is 5.56 Å². The van der Waals surface area contributed by atoms with Gasteiger partial charge in [0.25, 0.3) is 5.56 Å². The highest BCUT2D eigenvalue weighted by molar-refractivity contribution is 7.18. The number of hydrogen-bond donors (Lipinski definition) is 1. The van der Waals surface area contributed by atoms with Crippen LogP contribution in [-0.2, 0) is 6.42 Å². The highest BCUT2D eigenvalue weighted by Crippen LogP contribution is 2.27. The zero-order valence-electron chi connectivity index (χ0n) is 12.3. The SMILES string of the molecule is CCCCC(CO)n1cnc2sc(C)c(CC)c2c1=O. The number of aliphatic hydroxyl groups excluding tert-OH is 1. The lowest BCUT2D eigenvalue weighted by molar-refractivity contribution is 0.215. The molecule has 110 valence electrons. The largest absolute Gasteiger partial charge is 0.394 e. The molecule has 1 N–H and O–H groups in total. The molecule has 0 aliphatic carbocycles. The van der Waals surface area contributed by atoms with Gasteiger partial charge < -0.3 is 5.11 Å². The van der Waals surface area contributed by atoms with Crippen LogP contribution in [0.25, 0.3) is 10.2 Å². The Hall–Kier alpha value is -1.20. The summed E-state index contributed by atoms with van der Waals surface area (Å²) in [6.07, 6.45) is 5.30. The van der Waals surface area contributed by atoms with Crippen molar-refractivity contribution in [3.63, 3.8) is 0 Å². The minimum Gasteiger partial charge on any atom is -0.394 e. The number of aliphatic hydroxyl groups is 1. The van der Waals surface area contributed by atoms with Gasteiger partial charge in [-0.1, -0.05) is 26.7 Å². The second-order valence-corrected chi connectivity index (χ2v) is 6.31. The monoisotopic (exact) mass is 294 g/mol. The number of thiophene rings is 1. The molecule has 0 spiro atoms. The van der Waals surface area contributed by atoms with Crippen LogP contribution in [0.4, 0.5) is 0 Å². The molecular formula is C15H22N2O2S. The predicted molar refractivity (Wildman–Crippen MR) is 83.6 cm³/mol. The third kappa shape index (κ3) is 2.65. The van der Waals surface area contributed by atoms with E-state index in [1.807, 2.05) is 6.92 Å². The summed E-state index contributed by atoms with van der Waals surface area (Å²) in [5, 5.41) is 10.3. The standard InChI is InChI=1S/C15H22N2O2S/c1-4-6-7-11(8-18)17-9-16-14-13(15(17)19)12(5-2)10(3)20-14/h9,11,18H,4-8H2,1-3H3. The number of unbranched alkanes of at least 4 members (excludes halogenated alkanes) is 1. The number of hydrogen-bond acceptors (Lipinski definition) is 4. The van der Waals surface area contributed by atoms with Gasteiger partial charge in [-0.15, -0.1) is 11.3 Å². The molecular weight excluding hydrogens is 272 g/mol. The minimum atomic E-state index is -0.163. The maximum Gasteiger partial charge on any atom is 0.262 e. The first-order valence-corrected chi connectivity index (χ1v) is 8.05. The van der Waals surface area contributed by atoms with E-state index in [1.165, 1.54) is 4.88 Å². The molecule has 1 unspecified atom stereocenters. The third-order valence-electron chi connectivity index (χ3n) is 3.79. The Bertz CT molecular complexity index is 645. The molecule has 0 amide bonds. The smallest absolute Gasteiger partial charge is 0.262 e. The molecule has 4 nitrogen and oxygen atoms in total. The summed E-state index contributed by atoms with van der Waals surface area (Å²) in [6.45, 7) is 6.19. The van der Waals surface area contributed by atoms with E-state index < -0.39 is 0 Å². The minimum absolute atomic E-state index is 0.00801. The van der Waals surface area contributed by atoms with Crippen molar-refractivity contribution in [2.24, 2.45) is 0 Å². The van der Waals surface area contributed by atoms with Gasteiger partial charge in [-0.3, -0.25) is 9.36 Å². The van der Waals surface area contributed by atoms with Gasteiger partial charge in [0, 0.05) is 4.88 Å². The third-order valence-corrected chi connectivity index (χ3v) is 4.84. The summed E-state index contributed by atoms with van der Waals surface area (Å²) in [7, 11) is 0. The van der Waals surface area contributed by atoms with Crippen molar-refractivity contribution in [1.29, 1.82) is 0 Å². The fourth-order valence-corrected chi connectivity index (χ4v) is 3.69. The molecule has 0 aromatic carbocycles. The van der Waals surface area contributed by atoms with Crippen LogP contribution in [0.1, 0.15) is 49.6 Å². The lowest BCUT2D eigenvalue weighted by atomic mass is 10.1. The lowest BCUT2D eigenvalue weighted by Gasteiger charge is -2.16. The second-order valence-electron chi connectivity index (χ2n) is 5.11. The molecule has 0 fully saturated rings. The van der Waals surface area contributed by atoms with Crippen LogP contribution in [0.5, 0.6) is 0 Å². The van der Waals surface area contributed by atoms with Gasteiger partial charge >= 0.3 is 0 Å². The van der Waals surface area contributed by atoms with E-state index in [4.69, 9.17) is 0 Å². The van der Waals surface area contributed by atoms with Gasteiger partial charge in [0.05, 0.1) is 24.4 Å². The molecule has 2 heterocycles. The second kappa shape index (κ2) is 6.50. The van der Waals surface area contributed by atoms with Crippen molar-refractivity contribution in [3.8, 4) is 0 Å². The Morgan fingerprint density at radius 2 is 2.20 bits per heavy atom. The van der Waals surface area contributed by atoms with Gasteiger partial charge in [-0.25, -0.2) is 4.98 Å². The molecule has 2 aromatic heterocycles. The highest BCUT2D eigenvalue weighted by Gasteiger charge is 2.17. The first-order valence-electron chi connectivity index (χ1n) is 7.23. The number of fused-ring (bicyclic) bond motifs is 1. The molecule has 0 aliphatic rings. The topological polar surface area (TPSA) is 55.1 Å². The van der Waals surface area contributed by atoms with E-state index >= 15 is 0 Å². The summed E-state index contributed by atoms with van der Waals surface area (Å²) in [5.41, 5.74) is 1.09. The molecule has 0 saturated carbocycles. The molecule has 20 heavy (non-hydrogen) atoms. The van der Waals surface area contributed by atoms with E-state index in [9.17, 15) is 9.90 Å². The Morgan fingerprint density at radius 3 is 2.80 bits per heavy atom. The molecule has 0 aliphatic heterocycles. The summed E-state index contributed by atoms with van der Waals surface area (Å²) >= 11 is 1.58. The Labute approximate surface area is 123 Å². The van der Waals surface area contributed by atoms with Crippen molar-refractivity contribution in [2.45, 2.75) is 52.5 Å². The molecule has 0 saturated heterocycles. The molecule has 0 radical (unpaired) electrons. The Morgan fingerprint density at radius 1 is 1.45 bits per heavy atom. The molecule has 2 rings (SSSR count). The van der Waals surface area contributed by atoms with Crippen LogP contribution in [0.3, 0.4) is 0 Å². The average Bonchev–Trinajstić information content (AvgIpc) is 2.78. The van der Waals surface area contributed by atoms with E-state index in [2.05, 4.69) is 18.8 Å². The van der Waals surface area contributed by atoms with Gasteiger partial charge in [-0.2, -0.15) is 0 Å². The van der Waals surface area contributed by atoms with Crippen molar-refractivity contribution in [1.82, 2.24) is 9.55 Å². The van der Waals surface area contributed by atoms with Crippen LogP contribution >= 0.6 is 11.3 Å². The fraction of sp³-hybridized carbons (Fsp3) is 0.600. The first-order chi connectivity index (χ1) is 9.63. The summed E-state index contributed by atoms with van der Waals surface area (Å²) < 4.78 is 1.61. The zero-order chi connectivity index (χ0) is 14.7. The predicted octanol–water partition coefficient (Wildman–Crippen LogP) is 3.05. The van der Waals surface area contributed by atoms with Crippen molar-refractivity contribution in [3.05, 3.63) is 27.1 Å².